The lowest BCUT2D eigenvalue weighted by Crippen LogP contribution is -2.44. The summed E-state index contributed by atoms with van der Waals surface area (Å²) in [6.45, 7) is 10.8. The van der Waals surface area contributed by atoms with E-state index in [9.17, 15) is 4.79 Å². The third kappa shape index (κ3) is 5.96. The van der Waals surface area contributed by atoms with Gasteiger partial charge in [0.1, 0.15) is 6.54 Å². The SMILES string of the molecule is CCN(CC)C1CCN(C(=NCC(=O)N(C)C)NC(C)c2ccccc2)C1. The summed E-state index contributed by atoms with van der Waals surface area (Å²) in [7, 11) is 3.54. The molecule has 0 radical (unpaired) electrons. The van der Waals surface area contributed by atoms with Gasteiger partial charge in [-0.15, -0.1) is 0 Å². The molecule has 1 aromatic rings. The second-order valence-corrected chi connectivity index (χ2v) is 7.31. The molecule has 1 aliphatic heterocycles. The standard InChI is InChI=1S/C21H35N5O/c1-6-25(7-2)19-13-14-26(16-19)21(22-15-20(27)24(4)5)23-17(3)18-11-9-8-10-12-18/h8-12,17,19H,6-7,13-16H2,1-5H3,(H,22,23). The Kier molecular flexibility index (Phi) is 8.10. The Morgan fingerprint density at radius 1 is 1.26 bits per heavy atom. The highest BCUT2D eigenvalue weighted by Crippen LogP contribution is 2.18. The zero-order chi connectivity index (χ0) is 19.8. The van der Waals surface area contributed by atoms with Crippen molar-refractivity contribution in [2.75, 3.05) is 46.8 Å². The van der Waals surface area contributed by atoms with Crippen LogP contribution in [0.4, 0.5) is 0 Å². The molecule has 27 heavy (non-hydrogen) atoms. The van der Waals surface area contributed by atoms with Crippen LogP contribution in [0.1, 0.15) is 38.8 Å². The van der Waals surface area contributed by atoms with Crippen LogP contribution in [0.15, 0.2) is 35.3 Å². The number of likely N-dealkylation sites (N-methyl/N-ethyl adjacent to an activating group) is 2. The zero-order valence-electron chi connectivity index (χ0n) is 17.5. The smallest absolute Gasteiger partial charge is 0.243 e. The third-order valence-electron chi connectivity index (χ3n) is 5.30. The first-order valence-corrected chi connectivity index (χ1v) is 10.0. The minimum atomic E-state index is 0.0150. The number of hydrogen-bond acceptors (Lipinski definition) is 3. The number of amides is 1. The third-order valence-corrected chi connectivity index (χ3v) is 5.30. The average Bonchev–Trinajstić information content (AvgIpc) is 3.16. The fourth-order valence-electron chi connectivity index (χ4n) is 3.51. The monoisotopic (exact) mass is 373 g/mol. The van der Waals surface area contributed by atoms with Gasteiger partial charge in [0, 0.05) is 33.2 Å². The number of nitrogens with one attached hydrogen (secondary N) is 1. The molecule has 1 heterocycles. The van der Waals surface area contributed by atoms with Gasteiger partial charge in [-0.05, 0) is 32.0 Å². The molecular formula is C21H35N5O. The molecule has 1 aromatic carbocycles. The van der Waals surface area contributed by atoms with Crippen LogP contribution < -0.4 is 5.32 Å². The van der Waals surface area contributed by atoms with Gasteiger partial charge in [0.25, 0.3) is 0 Å². The summed E-state index contributed by atoms with van der Waals surface area (Å²) in [6, 6.07) is 11.0. The van der Waals surface area contributed by atoms with Gasteiger partial charge in [-0.3, -0.25) is 9.69 Å². The van der Waals surface area contributed by atoms with Crippen molar-refractivity contribution in [3.8, 4) is 0 Å². The molecule has 0 spiro atoms. The van der Waals surface area contributed by atoms with E-state index in [0.717, 1.165) is 38.6 Å². The Morgan fingerprint density at radius 3 is 2.52 bits per heavy atom. The second-order valence-electron chi connectivity index (χ2n) is 7.31. The van der Waals surface area contributed by atoms with Gasteiger partial charge in [0.15, 0.2) is 5.96 Å². The van der Waals surface area contributed by atoms with Crippen LogP contribution in [0.5, 0.6) is 0 Å². The molecule has 0 aliphatic carbocycles. The molecule has 1 fully saturated rings. The summed E-state index contributed by atoms with van der Waals surface area (Å²) in [5.41, 5.74) is 1.21. The first kappa shape index (κ1) is 21.2. The Morgan fingerprint density at radius 2 is 1.93 bits per heavy atom. The van der Waals surface area contributed by atoms with Gasteiger partial charge in [-0.2, -0.15) is 0 Å². The summed E-state index contributed by atoms with van der Waals surface area (Å²) in [6.07, 6.45) is 1.13. The zero-order valence-corrected chi connectivity index (χ0v) is 17.5. The molecule has 0 saturated carbocycles. The predicted octanol–water partition coefficient (Wildman–Crippen LogP) is 2.20. The van der Waals surface area contributed by atoms with Crippen molar-refractivity contribution in [2.24, 2.45) is 4.99 Å². The van der Waals surface area contributed by atoms with E-state index in [-0.39, 0.29) is 18.5 Å². The van der Waals surface area contributed by atoms with E-state index < -0.39 is 0 Å². The Labute approximate surface area is 164 Å². The molecule has 1 saturated heterocycles. The number of guanidine groups is 1. The predicted molar refractivity (Wildman–Crippen MR) is 112 cm³/mol. The van der Waals surface area contributed by atoms with Crippen LogP contribution in [-0.2, 0) is 4.79 Å². The topological polar surface area (TPSA) is 51.2 Å². The van der Waals surface area contributed by atoms with E-state index in [0.29, 0.717) is 6.04 Å². The molecule has 2 rings (SSSR count). The average molecular weight is 374 g/mol. The summed E-state index contributed by atoms with van der Waals surface area (Å²) >= 11 is 0. The van der Waals surface area contributed by atoms with Crippen LogP contribution in [0.3, 0.4) is 0 Å². The van der Waals surface area contributed by atoms with E-state index in [2.05, 4.69) is 53.0 Å². The number of aliphatic imine (C=N–C) groups is 1. The summed E-state index contributed by atoms with van der Waals surface area (Å²) in [4.78, 5) is 23.1. The Balaban J connectivity index is 2.12. The molecule has 2 atom stereocenters. The van der Waals surface area contributed by atoms with Gasteiger partial charge in [-0.1, -0.05) is 44.2 Å². The van der Waals surface area contributed by atoms with E-state index >= 15 is 0 Å². The van der Waals surface area contributed by atoms with E-state index in [1.165, 1.54) is 5.56 Å². The fraction of sp³-hybridized carbons (Fsp3) is 0.619. The number of carbonyl (C=O) groups excluding carboxylic acids is 1. The molecule has 6 nitrogen and oxygen atoms in total. The van der Waals surface area contributed by atoms with Crippen molar-refractivity contribution in [3.63, 3.8) is 0 Å². The lowest BCUT2D eigenvalue weighted by atomic mass is 10.1. The Hall–Kier alpha value is -2.08. The number of benzene rings is 1. The minimum Gasteiger partial charge on any atom is -0.350 e. The summed E-state index contributed by atoms with van der Waals surface area (Å²) < 4.78 is 0. The fourth-order valence-corrected chi connectivity index (χ4v) is 3.51. The molecule has 2 unspecified atom stereocenters. The van der Waals surface area contributed by atoms with Crippen molar-refractivity contribution in [1.29, 1.82) is 0 Å². The molecule has 0 aromatic heterocycles. The van der Waals surface area contributed by atoms with E-state index in [1.54, 1.807) is 19.0 Å². The van der Waals surface area contributed by atoms with Gasteiger partial charge < -0.3 is 15.1 Å². The Bertz CT molecular complexity index is 612. The quantitative estimate of drug-likeness (QED) is 0.588. The second kappa shape index (κ2) is 10.3. The van der Waals surface area contributed by atoms with Gasteiger partial charge in [0.05, 0.1) is 6.04 Å². The lowest BCUT2D eigenvalue weighted by Gasteiger charge is -2.28. The van der Waals surface area contributed by atoms with Crippen molar-refractivity contribution >= 4 is 11.9 Å². The van der Waals surface area contributed by atoms with Crippen LogP contribution in [0.2, 0.25) is 0 Å². The number of carbonyl (C=O) groups is 1. The van der Waals surface area contributed by atoms with Crippen molar-refractivity contribution in [1.82, 2.24) is 20.0 Å². The minimum absolute atomic E-state index is 0.0150. The molecule has 1 aliphatic rings. The molecule has 0 bridgehead atoms. The number of nitrogens with zero attached hydrogens (tertiary/aromatic N) is 4. The van der Waals surface area contributed by atoms with Gasteiger partial charge >= 0.3 is 0 Å². The number of likely N-dealkylation sites (tertiary alicyclic amines) is 1. The largest absolute Gasteiger partial charge is 0.350 e. The first-order valence-electron chi connectivity index (χ1n) is 10.0. The van der Waals surface area contributed by atoms with Crippen molar-refractivity contribution in [3.05, 3.63) is 35.9 Å². The van der Waals surface area contributed by atoms with Crippen LogP contribution in [-0.4, -0.2) is 79.4 Å². The van der Waals surface area contributed by atoms with E-state index in [4.69, 9.17) is 0 Å². The van der Waals surface area contributed by atoms with Crippen LogP contribution >= 0.6 is 0 Å². The summed E-state index contributed by atoms with van der Waals surface area (Å²) in [5.74, 6) is 0.845. The lowest BCUT2D eigenvalue weighted by molar-refractivity contribution is -0.127. The van der Waals surface area contributed by atoms with Crippen molar-refractivity contribution in [2.45, 2.75) is 39.3 Å². The summed E-state index contributed by atoms with van der Waals surface area (Å²) in [5, 5.41) is 3.55. The van der Waals surface area contributed by atoms with Crippen LogP contribution in [0.25, 0.3) is 0 Å². The highest BCUT2D eigenvalue weighted by Gasteiger charge is 2.29. The number of hydrogen-bond donors (Lipinski definition) is 1. The maximum Gasteiger partial charge on any atom is 0.243 e. The molecular weight excluding hydrogens is 338 g/mol. The van der Waals surface area contributed by atoms with Crippen LogP contribution in [0, 0.1) is 0 Å². The van der Waals surface area contributed by atoms with Gasteiger partial charge in [0.2, 0.25) is 5.91 Å². The molecule has 1 amide bonds. The normalized spacial score (nSPS) is 18.7. The first-order chi connectivity index (χ1) is 13.0. The molecule has 150 valence electrons. The highest BCUT2D eigenvalue weighted by molar-refractivity contribution is 5.85. The van der Waals surface area contributed by atoms with E-state index in [1.807, 2.05) is 18.2 Å². The molecule has 6 heteroatoms. The maximum absolute atomic E-state index is 12.0. The van der Waals surface area contributed by atoms with Gasteiger partial charge in [-0.25, -0.2) is 4.99 Å². The highest BCUT2D eigenvalue weighted by atomic mass is 16.2. The maximum atomic E-state index is 12.0. The molecule has 1 N–H and O–H groups in total. The van der Waals surface area contributed by atoms with Crippen molar-refractivity contribution < 1.29 is 4.79 Å². The number of rotatable bonds is 7.